The Balaban J connectivity index is 4.61. The minimum atomic E-state index is -4.75. The molecule has 4 N–H and O–H groups in total. The molecule has 326 valence electrons. The molecule has 11 nitrogen and oxygen atoms in total. The number of carboxylic acid groups (broad SMARTS) is 1. The molecule has 0 saturated carbocycles. The summed E-state index contributed by atoms with van der Waals surface area (Å²) < 4.78 is 32.5. The maximum absolute atomic E-state index is 12.6. The number of hydrogen-bond donors (Lipinski definition) is 3. The van der Waals surface area contributed by atoms with E-state index in [1.54, 1.807) is 0 Å². The molecule has 0 amide bonds. The predicted molar refractivity (Wildman–Crippen MR) is 235 cm³/mol. The summed E-state index contributed by atoms with van der Waals surface area (Å²) in [6, 6.07) is -1.54. The zero-order chi connectivity index (χ0) is 42.8. The number of ether oxygens (including phenoxy) is 2. The molecule has 1 unspecified atom stereocenters. The van der Waals surface area contributed by atoms with Gasteiger partial charge in [-0.3, -0.25) is 23.4 Å². The minimum Gasteiger partial charge on any atom is -0.480 e. The normalized spacial score (nSPS) is 14.8. The molecule has 0 aromatic rings. The van der Waals surface area contributed by atoms with Gasteiger partial charge in [0.25, 0.3) is 0 Å². The predicted octanol–water partition coefficient (Wildman–Crippen LogP) is 11.1. The van der Waals surface area contributed by atoms with E-state index in [0.717, 1.165) is 64.2 Å². The molecular formula is C46H72NO10P. The van der Waals surface area contributed by atoms with Crippen molar-refractivity contribution in [1.82, 2.24) is 0 Å². The van der Waals surface area contributed by atoms with Crippen LogP contribution in [0, 0.1) is 0 Å². The Bertz CT molecular complexity index is 1390. The Kier molecular flexibility index (Phi) is 37.3. The Morgan fingerprint density at radius 1 is 0.552 bits per heavy atom. The summed E-state index contributed by atoms with van der Waals surface area (Å²) in [6.45, 7) is 2.51. The molecule has 0 spiro atoms. The Morgan fingerprint density at radius 3 is 1.45 bits per heavy atom. The lowest BCUT2D eigenvalue weighted by Crippen LogP contribution is -2.34. The van der Waals surface area contributed by atoms with E-state index < -0.39 is 57.7 Å². The van der Waals surface area contributed by atoms with Gasteiger partial charge < -0.3 is 25.2 Å². The van der Waals surface area contributed by atoms with Crippen LogP contribution in [0.4, 0.5) is 0 Å². The second kappa shape index (κ2) is 39.9. The fraction of sp³-hybridized carbons (Fsp3) is 0.543. The van der Waals surface area contributed by atoms with E-state index in [-0.39, 0.29) is 12.8 Å². The topological polar surface area (TPSA) is 172 Å². The molecule has 0 rings (SSSR count). The highest BCUT2D eigenvalue weighted by Gasteiger charge is 2.28. The molecule has 0 radical (unpaired) electrons. The van der Waals surface area contributed by atoms with E-state index in [4.69, 9.17) is 24.8 Å². The van der Waals surface area contributed by atoms with Gasteiger partial charge in [-0.05, 0) is 89.9 Å². The van der Waals surface area contributed by atoms with E-state index in [0.29, 0.717) is 19.3 Å². The molecule has 3 atom stereocenters. The number of phosphoric acid groups is 1. The first-order valence-electron chi connectivity index (χ1n) is 20.9. The van der Waals surface area contributed by atoms with Crippen LogP contribution in [0.25, 0.3) is 0 Å². The summed E-state index contributed by atoms with van der Waals surface area (Å²) in [7, 11) is -4.75. The van der Waals surface area contributed by atoms with Crippen LogP contribution in [0.5, 0.6) is 0 Å². The molecule has 0 bridgehead atoms. The first-order chi connectivity index (χ1) is 28.1. The third-order valence-corrected chi connectivity index (χ3v) is 8.97. The van der Waals surface area contributed by atoms with Crippen LogP contribution < -0.4 is 5.73 Å². The van der Waals surface area contributed by atoms with Crippen molar-refractivity contribution in [3.05, 3.63) is 109 Å². The number of carboxylic acids is 1. The molecule has 12 heteroatoms. The number of allylic oxidation sites excluding steroid dienone is 18. The number of nitrogens with two attached hydrogens (primary N) is 1. The summed E-state index contributed by atoms with van der Waals surface area (Å²) in [5, 5.41) is 8.88. The van der Waals surface area contributed by atoms with Crippen molar-refractivity contribution in [2.75, 3.05) is 19.8 Å². The van der Waals surface area contributed by atoms with E-state index in [2.05, 4.69) is 110 Å². The number of unbranched alkanes of at least 4 members (excludes halogenated alkanes) is 5. The molecule has 0 saturated heterocycles. The Labute approximate surface area is 348 Å². The van der Waals surface area contributed by atoms with Crippen molar-refractivity contribution in [3.8, 4) is 0 Å². The number of hydrogen-bond acceptors (Lipinski definition) is 9. The first-order valence-corrected chi connectivity index (χ1v) is 22.4. The number of rotatable bonds is 37. The van der Waals surface area contributed by atoms with Gasteiger partial charge in [-0.2, -0.15) is 0 Å². The van der Waals surface area contributed by atoms with Crippen LogP contribution >= 0.6 is 7.82 Å². The first kappa shape index (κ1) is 54.1. The number of aliphatic carboxylic acids is 1. The fourth-order valence-electron chi connectivity index (χ4n) is 4.74. The van der Waals surface area contributed by atoms with Crippen LogP contribution in [0.3, 0.4) is 0 Å². The highest BCUT2D eigenvalue weighted by atomic mass is 31.2. The minimum absolute atomic E-state index is 0.0207. The van der Waals surface area contributed by atoms with Crippen LogP contribution in [0.2, 0.25) is 0 Å². The van der Waals surface area contributed by atoms with Crippen molar-refractivity contribution in [2.45, 2.75) is 142 Å². The van der Waals surface area contributed by atoms with Crippen molar-refractivity contribution in [3.63, 3.8) is 0 Å². The molecule has 0 fully saturated rings. The Hall–Kier alpha value is -3.86. The third kappa shape index (κ3) is 39.0. The van der Waals surface area contributed by atoms with Crippen molar-refractivity contribution >= 4 is 25.7 Å². The lowest BCUT2D eigenvalue weighted by molar-refractivity contribution is -0.161. The van der Waals surface area contributed by atoms with Gasteiger partial charge in [0.05, 0.1) is 13.2 Å². The van der Waals surface area contributed by atoms with Gasteiger partial charge >= 0.3 is 25.7 Å². The van der Waals surface area contributed by atoms with Gasteiger partial charge in [-0.25, -0.2) is 4.57 Å². The van der Waals surface area contributed by atoms with Crippen molar-refractivity contribution in [2.24, 2.45) is 5.73 Å². The van der Waals surface area contributed by atoms with E-state index >= 15 is 0 Å². The van der Waals surface area contributed by atoms with Gasteiger partial charge in [-0.15, -0.1) is 0 Å². The van der Waals surface area contributed by atoms with Crippen LogP contribution in [-0.4, -0.2) is 59.9 Å². The standard InChI is InChI=1S/C46H72NO10P/c1-3-5-7-9-11-13-15-17-19-20-21-22-24-26-28-30-32-34-36-38-45(49)57-42(40-55-58(52,53)56-41-43(47)46(50)51)39-54-44(48)37-35-33-31-29-27-25-23-18-16-14-12-10-8-6-4-2/h5,7,11-14,17-19,21-23,26-29,32,34,42-43H,3-4,6,8-10,15-16,20,24-25,30-31,33,35-41,47H2,1-2H3,(H,50,51)(H,52,53)/b7-5+,13-11+,14-12+,19-17+,22-21+,23-18+,28-26+,29-27+,34-32+/t42-,43+/m1/s1. The Morgan fingerprint density at radius 2 is 0.983 bits per heavy atom. The summed E-state index contributed by atoms with van der Waals surface area (Å²) in [6.07, 6.45) is 51.7. The van der Waals surface area contributed by atoms with Gasteiger partial charge in [-0.1, -0.05) is 136 Å². The molecule has 0 aromatic carbocycles. The van der Waals surface area contributed by atoms with Gasteiger partial charge in [0.15, 0.2) is 6.10 Å². The number of phosphoric ester groups is 1. The second-order valence-electron chi connectivity index (χ2n) is 13.4. The zero-order valence-corrected chi connectivity index (χ0v) is 36.0. The van der Waals surface area contributed by atoms with E-state index in [1.807, 2.05) is 18.2 Å². The maximum atomic E-state index is 12.6. The summed E-state index contributed by atoms with van der Waals surface area (Å²) in [5.74, 6) is -2.55. The van der Waals surface area contributed by atoms with Gasteiger partial charge in [0.2, 0.25) is 0 Å². The van der Waals surface area contributed by atoms with Crippen molar-refractivity contribution < 1.29 is 47.5 Å². The molecule has 0 aliphatic carbocycles. The molecule has 0 heterocycles. The zero-order valence-electron chi connectivity index (χ0n) is 35.1. The van der Waals surface area contributed by atoms with E-state index in [1.165, 1.54) is 19.3 Å². The SMILES string of the molecule is CC/C=C/C/C=C/C/C=C/C/C=C/C/C=C/C/C=C/CCC(=O)O[C@H](COC(=O)CCCC/C=C/C/C=C/C/C=C/CCCCC)COP(=O)(O)OC[C@H](N)C(=O)O. The summed E-state index contributed by atoms with van der Waals surface area (Å²) in [5.41, 5.74) is 5.32. The molecule has 58 heavy (non-hydrogen) atoms. The highest BCUT2D eigenvalue weighted by Crippen LogP contribution is 2.43. The summed E-state index contributed by atoms with van der Waals surface area (Å²) >= 11 is 0. The van der Waals surface area contributed by atoms with Gasteiger partial charge in [0, 0.05) is 12.8 Å². The number of carbonyl (C=O) groups excluding carboxylic acids is 2. The molecule has 0 aliphatic heterocycles. The summed E-state index contributed by atoms with van der Waals surface area (Å²) in [4.78, 5) is 45.9. The van der Waals surface area contributed by atoms with Crippen molar-refractivity contribution in [1.29, 1.82) is 0 Å². The van der Waals surface area contributed by atoms with Gasteiger partial charge in [0.1, 0.15) is 12.6 Å². The molecule has 0 aliphatic rings. The fourth-order valence-corrected chi connectivity index (χ4v) is 5.52. The monoisotopic (exact) mass is 829 g/mol. The maximum Gasteiger partial charge on any atom is 0.472 e. The van der Waals surface area contributed by atoms with E-state index in [9.17, 15) is 23.8 Å². The lowest BCUT2D eigenvalue weighted by Gasteiger charge is -2.20. The quantitative estimate of drug-likeness (QED) is 0.0235. The number of esters is 2. The van der Waals surface area contributed by atoms with Crippen LogP contribution in [-0.2, 0) is 37.5 Å². The molecule has 0 aromatic heterocycles. The largest absolute Gasteiger partial charge is 0.480 e. The average molecular weight is 830 g/mol. The second-order valence-corrected chi connectivity index (χ2v) is 14.8. The molecular weight excluding hydrogens is 757 g/mol. The highest BCUT2D eigenvalue weighted by molar-refractivity contribution is 7.47. The lowest BCUT2D eigenvalue weighted by atomic mass is 10.1. The van der Waals surface area contributed by atoms with Crippen LogP contribution in [0.1, 0.15) is 129 Å². The number of carbonyl (C=O) groups is 3. The smallest absolute Gasteiger partial charge is 0.472 e. The average Bonchev–Trinajstić information content (AvgIpc) is 3.20. The third-order valence-electron chi connectivity index (χ3n) is 8.02. The van der Waals surface area contributed by atoms with Crippen LogP contribution in [0.15, 0.2) is 109 Å².